The van der Waals surface area contributed by atoms with Crippen LogP contribution in [-0.2, 0) is 4.79 Å². The summed E-state index contributed by atoms with van der Waals surface area (Å²) in [5.41, 5.74) is -1.10. The number of benzene rings is 1. The van der Waals surface area contributed by atoms with Gasteiger partial charge in [0.2, 0.25) is 0 Å². The number of rotatable bonds is 3. The van der Waals surface area contributed by atoms with Crippen LogP contribution in [0.3, 0.4) is 0 Å². The molecular formula is C9H8O7. The molecule has 0 spiro atoms. The molecule has 86 valence electrons. The molecular weight excluding hydrogens is 220 g/mol. The van der Waals surface area contributed by atoms with Crippen molar-refractivity contribution in [2.75, 3.05) is 0 Å². The second-order valence-electron chi connectivity index (χ2n) is 2.97. The monoisotopic (exact) mass is 228 g/mol. The third-order valence-electron chi connectivity index (χ3n) is 1.90. The molecule has 0 aliphatic rings. The Morgan fingerprint density at radius 2 is 1.62 bits per heavy atom. The Bertz CT molecular complexity index is 451. The van der Waals surface area contributed by atoms with Gasteiger partial charge in [-0.2, -0.15) is 0 Å². The second kappa shape index (κ2) is 4.07. The summed E-state index contributed by atoms with van der Waals surface area (Å²) in [7, 11) is 0. The van der Waals surface area contributed by atoms with Gasteiger partial charge >= 0.3 is 11.9 Å². The SMILES string of the molecule is O=C(O)c1cc(C(O)C(=O)O)c(O)cc1O. The summed E-state index contributed by atoms with van der Waals surface area (Å²) in [5.74, 6) is -4.56. The van der Waals surface area contributed by atoms with Crippen LogP contribution in [0.1, 0.15) is 22.0 Å². The molecule has 1 rings (SSSR count). The highest BCUT2D eigenvalue weighted by Crippen LogP contribution is 2.31. The fourth-order valence-corrected chi connectivity index (χ4v) is 1.12. The topological polar surface area (TPSA) is 135 Å². The zero-order valence-electron chi connectivity index (χ0n) is 7.78. The standard InChI is InChI=1S/C9H8O7/c10-5-2-6(11)4(8(13)14)1-3(5)7(12)9(15)16/h1-2,7,10-12H,(H,13,14)(H,15,16). The molecule has 0 heterocycles. The Labute approximate surface area is 88.8 Å². The van der Waals surface area contributed by atoms with E-state index in [2.05, 4.69) is 0 Å². The fraction of sp³-hybridized carbons (Fsp3) is 0.111. The van der Waals surface area contributed by atoms with Gasteiger partial charge in [-0.3, -0.25) is 0 Å². The molecule has 1 aromatic carbocycles. The van der Waals surface area contributed by atoms with Crippen LogP contribution >= 0.6 is 0 Å². The third-order valence-corrected chi connectivity index (χ3v) is 1.90. The smallest absolute Gasteiger partial charge is 0.339 e. The van der Waals surface area contributed by atoms with Crippen molar-refractivity contribution in [3.8, 4) is 11.5 Å². The average Bonchev–Trinajstić information content (AvgIpc) is 2.16. The molecule has 0 radical (unpaired) electrons. The largest absolute Gasteiger partial charge is 0.507 e. The van der Waals surface area contributed by atoms with E-state index in [0.29, 0.717) is 12.1 Å². The van der Waals surface area contributed by atoms with Crippen molar-refractivity contribution in [3.63, 3.8) is 0 Å². The van der Waals surface area contributed by atoms with Crippen LogP contribution in [0.5, 0.6) is 11.5 Å². The van der Waals surface area contributed by atoms with E-state index in [-0.39, 0.29) is 0 Å². The molecule has 0 aliphatic heterocycles. The van der Waals surface area contributed by atoms with Crippen molar-refractivity contribution in [2.24, 2.45) is 0 Å². The molecule has 7 nitrogen and oxygen atoms in total. The first-order valence-corrected chi connectivity index (χ1v) is 4.04. The van der Waals surface area contributed by atoms with Crippen LogP contribution < -0.4 is 0 Å². The molecule has 0 saturated heterocycles. The molecule has 1 unspecified atom stereocenters. The minimum absolute atomic E-state index is 0.497. The Morgan fingerprint density at radius 1 is 1.06 bits per heavy atom. The van der Waals surface area contributed by atoms with Gasteiger partial charge in [0.05, 0.1) is 0 Å². The zero-order valence-corrected chi connectivity index (χ0v) is 7.78. The number of carbonyl (C=O) groups is 2. The maximum absolute atomic E-state index is 10.6. The Kier molecular flexibility index (Phi) is 3.00. The number of carboxylic acids is 2. The van der Waals surface area contributed by atoms with Crippen molar-refractivity contribution in [2.45, 2.75) is 6.10 Å². The molecule has 0 fully saturated rings. The van der Waals surface area contributed by atoms with Crippen LogP contribution in [0, 0.1) is 0 Å². The lowest BCUT2D eigenvalue weighted by Crippen LogP contribution is -2.11. The normalized spacial score (nSPS) is 12.1. The number of aliphatic hydroxyl groups is 1. The summed E-state index contributed by atoms with van der Waals surface area (Å²) in [5, 5.41) is 44.6. The molecule has 0 bridgehead atoms. The van der Waals surface area contributed by atoms with Gasteiger partial charge in [-0.15, -0.1) is 0 Å². The van der Waals surface area contributed by atoms with Gasteiger partial charge in [0, 0.05) is 11.6 Å². The molecule has 0 amide bonds. The molecule has 1 atom stereocenters. The molecule has 0 aromatic heterocycles. The molecule has 5 N–H and O–H groups in total. The number of hydrogen-bond acceptors (Lipinski definition) is 5. The average molecular weight is 228 g/mol. The van der Waals surface area contributed by atoms with E-state index in [9.17, 15) is 14.7 Å². The summed E-state index contributed by atoms with van der Waals surface area (Å²) in [6, 6.07) is 1.36. The number of phenolic OH excluding ortho intramolecular Hbond substituents is 1. The quantitative estimate of drug-likeness (QED) is 0.487. The maximum atomic E-state index is 10.6. The van der Waals surface area contributed by atoms with Gasteiger partial charge in [-0.05, 0) is 6.07 Å². The summed E-state index contributed by atoms with van der Waals surface area (Å²) < 4.78 is 0. The Balaban J connectivity index is 3.35. The van der Waals surface area contributed by atoms with Crippen molar-refractivity contribution >= 4 is 11.9 Å². The van der Waals surface area contributed by atoms with Crippen molar-refractivity contribution in [1.29, 1.82) is 0 Å². The molecule has 0 aliphatic carbocycles. The van der Waals surface area contributed by atoms with Crippen molar-refractivity contribution in [3.05, 3.63) is 23.3 Å². The predicted molar refractivity (Wildman–Crippen MR) is 49.3 cm³/mol. The van der Waals surface area contributed by atoms with E-state index in [1.165, 1.54) is 0 Å². The minimum Gasteiger partial charge on any atom is -0.507 e. The van der Waals surface area contributed by atoms with E-state index in [0.717, 1.165) is 0 Å². The summed E-state index contributed by atoms with van der Waals surface area (Å²) in [4.78, 5) is 21.1. The van der Waals surface area contributed by atoms with Gasteiger partial charge in [0.1, 0.15) is 17.1 Å². The molecule has 16 heavy (non-hydrogen) atoms. The van der Waals surface area contributed by atoms with Gasteiger partial charge in [0.15, 0.2) is 6.10 Å². The highest BCUT2D eigenvalue weighted by atomic mass is 16.4. The first-order valence-electron chi connectivity index (χ1n) is 4.04. The van der Waals surface area contributed by atoms with Crippen LogP contribution in [0.25, 0.3) is 0 Å². The highest BCUT2D eigenvalue weighted by Gasteiger charge is 2.23. The Hall–Kier alpha value is -2.28. The Morgan fingerprint density at radius 3 is 2.06 bits per heavy atom. The predicted octanol–water partition coefficient (Wildman–Crippen LogP) is -0.0860. The fourth-order valence-electron chi connectivity index (χ4n) is 1.12. The first-order chi connectivity index (χ1) is 7.34. The highest BCUT2D eigenvalue weighted by molar-refractivity contribution is 5.92. The third kappa shape index (κ3) is 2.04. The number of carboxylic acid groups (broad SMARTS) is 2. The van der Waals surface area contributed by atoms with E-state index >= 15 is 0 Å². The van der Waals surface area contributed by atoms with Crippen LogP contribution in [0.15, 0.2) is 12.1 Å². The van der Waals surface area contributed by atoms with Crippen LogP contribution in [-0.4, -0.2) is 37.5 Å². The van der Waals surface area contributed by atoms with Gasteiger partial charge in [0.25, 0.3) is 0 Å². The molecule has 1 aromatic rings. The van der Waals surface area contributed by atoms with Crippen LogP contribution in [0.2, 0.25) is 0 Å². The number of aliphatic carboxylic acids is 1. The molecule has 0 saturated carbocycles. The van der Waals surface area contributed by atoms with Crippen molar-refractivity contribution in [1.82, 2.24) is 0 Å². The number of aromatic hydroxyl groups is 2. The minimum atomic E-state index is -2.06. The lowest BCUT2D eigenvalue weighted by atomic mass is 10.0. The van der Waals surface area contributed by atoms with E-state index < -0.39 is 40.7 Å². The van der Waals surface area contributed by atoms with Crippen molar-refractivity contribution < 1.29 is 35.1 Å². The summed E-state index contributed by atoms with van der Waals surface area (Å²) >= 11 is 0. The number of aliphatic hydroxyl groups excluding tert-OH is 1. The van der Waals surface area contributed by atoms with E-state index in [1.807, 2.05) is 0 Å². The molecule has 7 heteroatoms. The van der Waals surface area contributed by atoms with Gasteiger partial charge in [-0.25, -0.2) is 9.59 Å². The van der Waals surface area contributed by atoms with E-state index in [1.54, 1.807) is 0 Å². The van der Waals surface area contributed by atoms with Gasteiger partial charge in [-0.1, -0.05) is 0 Å². The van der Waals surface area contributed by atoms with E-state index in [4.69, 9.17) is 20.4 Å². The second-order valence-corrected chi connectivity index (χ2v) is 2.97. The number of phenols is 2. The summed E-state index contributed by atoms with van der Waals surface area (Å²) in [6.07, 6.45) is -2.06. The zero-order chi connectivity index (χ0) is 12.5. The lowest BCUT2D eigenvalue weighted by molar-refractivity contribution is -0.147. The maximum Gasteiger partial charge on any atom is 0.339 e. The van der Waals surface area contributed by atoms with Gasteiger partial charge < -0.3 is 25.5 Å². The summed E-state index contributed by atoms with van der Waals surface area (Å²) in [6.45, 7) is 0. The lowest BCUT2D eigenvalue weighted by Gasteiger charge is -2.10. The number of aromatic carboxylic acids is 1. The first kappa shape index (κ1) is 11.8. The number of hydrogen-bond donors (Lipinski definition) is 5. The van der Waals surface area contributed by atoms with Crippen LogP contribution in [0.4, 0.5) is 0 Å².